The minimum atomic E-state index is -0.106. The van der Waals surface area contributed by atoms with E-state index in [0.29, 0.717) is 17.2 Å². The third-order valence-electron chi connectivity index (χ3n) is 3.98. The van der Waals surface area contributed by atoms with Crippen molar-refractivity contribution in [1.82, 2.24) is 10.3 Å². The van der Waals surface area contributed by atoms with E-state index in [-0.39, 0.29) is 43.0 Å². The number of halogens is 2. The average molecular weight is 431 g/mol. The van der Waals surface area contributed by atoms with E-state index in [0.717, 1.165) is 37.3 Å². The summed E-state index contributed by atoms with van der Waals surface area (Å²) in [6, 6.07) is 7.80. The summed E-state index contributed by atoms with van der Waals surface area (Å²) in [6.45, 7) is 4.46. The SMILES string of the molecule is CCNCc1cccc(NC(=O)Cc2csc(N3CCCC3=O)n2)c1.Cl.Cl. The molecule has 2 amide bonds. The van der Waals surface area contributed by atoms with Crippen molar-refractivity contribution in [3.8, 4) is 0 Å². The first-order chi connectivity index (χ1) is 12.2. The Hall–Kier alpha value is -1.67. The van der Waals surface area contributed by atoms with E-state index in [1.165, 1.54) is 11.3 Å². The summed E-state index contributed by atoms with van der Waals surface area (Å²) in [7, 11) is 0. The predicted octanol–water partition coefficient (Wildman–Crippen LogP) is 3.40. The zero-order valence-electron chi connectivity index (χ0n) is 15.1. The number of nitrogens with zero attached hydrogens (tertiary/aromatic N) is 2. The molecule has 6 nitrogen and oxygen atoms in total. The van der Waals surface area contributed by atoms with Gasteiger partial charge < -0.3 is 10.6 Å². The van der Waals surface area contributed by atoms with Crippen LogP contribution in [0.1, 0.15) is 31.0 Å². The summed E-state index contributed by atoms with van der Waals surface area (Å²) in [5.74, 6) is 0.00746. The highest BCUT2D eigenvalue weighted by Gasteiger charge is 2.24. The van der Waals surface area contributed by atoms with Gasteiger partial charge in [0, 0.05) is 30.6 Å². The van der Waals surface area contributed by atoms with Gasteiger partial charge in [0.25, 0.3) is 0 Å². The lowest BCUT2D eigenvalue weighted by molar-refractivity contribution is -0.117. The number of anilines is 2. The van der Waals surface area contributed by atoms with Crippen LogP contribution in [0.25, 0.3) is 0 Å². The molecule has 0 bridgehead atoms. The van der Waals surface area contributed by atoms with Gasteiger partial charge in [-0.25, -0.2) is 4.98 Å². The van der Waals surface area contributed by atoms with Crippen molar-refractivity contribution in [2.45, 2.75) is 32.7 Å². The molecular weight excluding hydrogens is 407 g/mol. The maximum atomic E-state index is 12.3. The fourth-order valence-corrected chi connectivity index (χ4v) is 3.62. The summed E-state index contributed by atoms with van der Waals surface area (Å²) < 4.78 is 0. The van der Waals surface area contributed by atoms with E-state index in [9.17, 15) is 9.59 Å². The number of hydrogen-bond acceptors (Lipinski definition) is 5. The lowest BCUT2D eigenvalue weighted by atomic mass is 10.2. The smallest absolute Gasteiger partial charge is 0.230 e. The Bertz CT molecular complexity index is 769. The van der Waals surface area contributed by atoms with Crippen LogP contribution in [-0.2, 0) is 22.6 Å². The van der Waals surface area contributed by atoms with Crippen LogP contribution >= 0.6 is 36.2 Å². The standard InChI is InChI=1S/C18H22N4O2S.2ClH/c1-2-19-11-13-5-3-6-14(9-13)20-16(23)10-15-12-25-18(21-15)22-8-4-7-17(22)24;;/h3,5-6,9,12,19H,2,4,7-8,10-11H2,1H3,(H,20,23);2*1H. The second kappa shape index (κ2) is 11.2. The zero-order chi connectivity index (χ0) is 17.6. The number of nitrogens with one attached hydrogen (secondary N) is 2. The van der Waals surface area contributed by atoms with Gasteiger partial charge in [0.05, 0.1) is 12.1 Å². The number of carbonyl (C=O) groups excluding carboxylic acids is 2. The van der Waals surface area contributed by atoms with Gasteiger partial charge in [0.15, 0.2) is 5.13 Å². The van der Waals surface area contributed by atoms with Crippen molar-refractivity contribution >= 4 is 58.8 Å². The molecule has 148 valence electrons. The lowest BCUT2D eigenvalue weighted by Crippen LogP contribution is -2.23. The Balaban J connectivity index is 0.00000182. The highest BCUT2D eigenvalue weighted by atomic mass is 35.5. The van der Waals surface area contributed by atoms with Gasteiger partial charge >= 0.3 is 0 Å². The summed E-state index contributed by atoms with van der Waals surface area (Å²) >= 11 is 1.42. The minimum absolute atomic E-state index is 0. The van der Waals surface area contributed by atoms with Crippen molar-refractivity contribution in [2.24, 2.45) is 0 Å². The Kier molecular flexibility index (Phi) is 9.73. The summed E-state index contributed by atoms with van der Waals surface area (Å²) in [5, 5.41) is 8.72. The molecule has 0 radical (unpaired) electrons. The summed E-state index contributed by atoms with van der Waals surface area (Å²) in [5.41, 5.74) is 2.61. The molecule has 2 heterocycles. The second-order valence-corrected chi connectivity index (χ2v) is 6.81. The van der Waals surface area contributed by atoms with E-state index in [1.807, 2.05) is 29.6 Å². The fraction of sp³-hybridized carbons (Fsp3) is 0.389. The predicted molar refractivity (Wildman–Crippen MR) is 114 cm³/mol. The van der Waals surface area contributed by atoms with Gasteiger partial charge in [-0.1, -0.05) is 19.1 Å². The van der Waals surface area contributed by atoms with Crippen molar-refractivity contribution in [3.63, 3.8) is 0 Å². The third kappa shape index (κ3) is 6.46. The molecule has 9 heteroatoms. The largest absolute Gasteiger partial charge is 0.326 e. The van der Waals surface area contributed by atoms with E-state index >= 15 is 0 Å². The number of thiazole rings is 1. The summed E-state index contributed by atoms with van der Waals surface area (Å²) in [6.07, 6.45) is 1.66. The number of amides is 2. The molecule has 1 aliphatic heterocycles. The van der Waals surface area contributed by atoms with Gasteiger partial charge in [-0.15, -0.1) is 36.2 Å². The molecule has 0 spiro atoms. The van der Waals surface area contributed by atoms with Crippen LogP contribution in [-0.4, -0.2) is 29.9 Å². The first-order valence-corrected chi connectivity index (χ1v) is 9.38. The molecule has 0 unspecified atom stereocenters. The molecule has 0 aliphatic carbocycles. The highest BCUT2D eigenvalue weighted by molar-refractivity contribution is 7.14. The number of rotatable bonds is 7. The van der Waals surface area contributed by atoms with Gasteiger partial charge in [0.1, 0.15) is 0 Å². The first kappa shape index (κ1) is 23.4. The molecule has 0 atom stereocenters. The summed E-state index contributed by atoms with van der Waals surface area (Å²) in [4.78, 5) is 30.2. The molecule has 1 saturated heterocycles. The Morgan fingerprint density at radius 1 is 1.33 bits per heavy atom. The van der Waals surface area contributed by atoms with Crippen molar-refractivity contribution in [3.05, 3.63) is 40.9 Å². The molecule has 0 saturated carbocycles. The normalized spacial score (nSPS) is 13.1. The minimum Gasteiger partial charge on any atom is -0.326 e. The Labute approximate surface area is 175 Å². The van der Waals surface area contributed by atoms with Gasteiger partial charge in [-0.3, -0.25) is 14.5 Å². The number of carbonyl (C=O) groups is 2. The molecule has 2 N–H and O–H groups in total. The van der Waals surface area contributed by atoms with E-state index in [4.69, 9.17) is 0 Å². The van der Waals surface area contributed by atoms with Crippen LogP contribution in [0.15, 0.2) is 29.6 Å². The topological polar surface area (TPSA) is 74.3 Å². The van der Waals surface area contributed by atoms with Gasteiger partial charge in [0.2, 0.25) is 11.8 Å². The number of benzene rings is 1. The monoisotopic (exact) mass is 430 g/mol. The molecule has 1 aromatic heterocycles. The van der Waals surface area contributed by atoms with E-state index in [2.05, 4.69) is 22.5 Å². The van der Waals surface area contributed by atoms with Crippen molar-refractivity contribution in [2.75, 3.05) is 23.3 Å². The molecule has 27 heavy (non-hydrogen) atoms. The van der Waals surface area contributed by atoms with Crippen LogP contribution in [0, 0.1) is 0 Å². The average Bonchev–Trinajstić information content (AvgIpc) is 3.21. The van der Waals surface area contributed by atoms with Gasteiger partial charge in [-0.2, -0.15) is 0 Å². The van der Waals surface area contributed by atoms with Crippen LogP contribution in [0.2, 0.25) is 0 Å². The maximum Gasteiger partial charge on any atom is 0.230 e. The van der Waals surface area contributed by atoms with Crippen LogP contribution < -0.4 is 15.5 Å². The first-order valence-electron chi connectivity index (χ1n) is 8.50. The van der Waals surface area contributed by atoms with Crippen LogP contribution in [0.3, 0.4) is 0 Å². The van der Waals surface area contributed by atoms with Crippen LogP contribution in [0.4, 0.5) is 10.8 Å². The molecule has 1 aromatic carbocycles. The molecule has 1 fully saturated rings. The lowest BCUT2D eigenvalue weighted by Gasteiger charge is -2.10. The van der Waals surface area contributed by atoms with Crippen molar-refractivity contribution < 1.29 is 9.59 Å². The van der Waals surface area contributed by atoms with Gasteiger partial charge in [-0.05, 0) is 30.7 Å². The zero-order valence-corrected chi connectivity index (χ0v) is 17.5. The molecule has 1 aliphatic rings. The molecular formula is C18H24Cl2N4O2S. The highest BCUT2D eigenvalue weighted by Crippen LogP contribution is 2.25. The quantitative estimate of drug-likeness (QED) is 0.705. The number of hydrogen-bond donors (Lipinski definition) is 2. The van der Waals surface area contributed by atoms with E-state index in [1.54, 1.807) is 4.90 Å². The number of aromatic nitrogens is 1. The second-order valence-electron chi connectivity index (χ2n) is 5.98. The molecule has 3 rings (SSSR count). The Morgan fingerprint density at radius 2 is 2.15 bits per heavy atom. The Morgan fingerprint density at radius 3 is 2.85 bits per heavy atom. The maximum absolute atomic E-state index is 12.3. The fourth-order valence-electron chi connectivity index (χ4n) is 2.75. The van der Waals surface area contributed by atoms with Crippen LogP contribution in [0.5, 0.6) is 0 Å². The third-order valence-corrected chi connectivity index (χ3v) is 4.89. The van der Waals surface area contributed by atoms with E-state index < -0.39 is 0 Å². The molecule has 2 aromatic rings. The van der Waals surface area contributed by atoms with Crippen molar-refractivity contribution in [1.29, 1.82) is 0 Å².